The maximum Gasteiger partial charge on any atom is 0.274 e. The Balaban J connectivity index is 2.04. The van der Waals surface area contributed by atoms with Crippen molar-refractivity contribution in [2.45, 2.75) is 33.7 Å². The van der Waals surface area contributed by atoms with Gasteiger partial charge in [0.1, 0.15) is 12.1 Å². The summed E-state index contributed by atoms with van der Waals surface area (Å²) < 4.78 is 14.9. The quantitative estimate of drug-likeness (QED) is 0.789. The number of nitrogens with zero attached hydrogens (tertiary/aromatic N) is 3. The van der Waals surface area contributed by atoms with Gasteiger partial charge in [-0.1, -0.05) is 13.8 Å². The summed E-state index contributed by atoms with van der Waals surface area (Å²) >= 11 is 0. The van der Waals surface area contributed by atoms with Gasteiger partial charge in [-0.3, -0.25) is 9.20 Å². The Kier molecular flexibility index (Phi) is 4.53. The minimum Gasteiger partial charge on any atom is -0.348 e. The van der Waals surface area contributed by atoms with E-state index in [9.17, 15) is 9.18 Å². The van der Waals surface area contributed by atoms with Crippen LogP contribution in [0.15, 0.2) is 36.7 Å². The smallest absolute Gasteiger partial charge is 0.274 e. The highest BCUT2D eigenvalue weighted by Gasteiger charge is 2.19. The number of fused-ring (bicyclic) bond motifs is 1. The number of halogens is 1. The SMILES string of the molecule is Cc1cc(-c2ccc(F)cc2)nc2c(C(=O)N[C@@H](C)C(C)C)ncn12. The van der Waals surface area contributed by atoms with Crippen molar-refractivity contribution in [3.8, 4) is 11.3 Å². The Hall–Kier alpha value is -2.76. The van der Waals surface area contributed by atoms with Crippen molar-refractivity contribution in [3.05, 3.63) is 53.9 Å². The monoisotopic (exact) mass is 340 g/mol. The molecule has 1 amide bonds. The molecule has 0 aliphatic heterocycles. The zero-order valence-corrected chi connectivity index (χ0v) is 14.7. The number of rotatable bonds is 4. The third kappa shape index (κ3) is 3.38. The standard InChI is InChI=1S/C19H21FN4O/c1-11(2)13(4)22-19(25)17-18-23-16(9-12(3)24(18)10-21-17)14-5-7-15(20)8-6-14/h5-11,13H,1-4H3,(H,22,25)/t13-/m0/s1. The molecule has 0 saturated heterocycles. The van der Waals surface area contributed by atoms with E-state index in [4.69, 9.17) is 0 Å². The van der Waals surface area contributed by atoms with Crippen LogP contribution in [0.1, 0.15) is 37.0 Å². The summed E-state index contributed by atoms with van der Waals surface area (Å²) in [4.78, 5) is 21.4. The number of aromatic nitrogens is 3. The molecule has 25 heavy (non-hydrogen) atoms. The van der Waals surface area contributed by atoms with E-state index in [2.05, 4.69) is 15.3 Å². The third-order valence-corrected chi connectivity index (χ3v) is 4.41. The van der Waals surface area contributed by atoms with Gasteiger partial charge in [0, 0.05) is 17.3 Å². The van der Waals surface area contributed by atoms with Crippen LogP contribution >= 0.6 is 0 Å². The van der Waals surface area contributed by atoms with Crippen molar-refractivity contribution < 1.29 is 9.18 Å². The summed E-state index contributed by atoms with van der Waals surface area (Å²) in [6, 6.07) is 8.05. The average Bonchev–Trinajstić information content (AvgIpc) is 3.00. The summed E-state index contributed by atoms with van der Waals surface area (Å²) in [5, 5.41) is 2.96. The normalized spacial score (nSPS) is 12.6. The van der Waals surface area contributed by atoms with E-state index >= 15 is 0 Å². The molecule has 130 valence electrons. The molecule has 5 nitrogen and oxygen atoms in total. The van der Waals surface area contributed by atoms with Gasteiger partial charge in [-0.25, -0.2) is 14.4 Å². The molecule has 1 aromatic carbocycles. The van der Waals surface area contributed by atoms with Crippen molar-refractivity contribution >= 4 is 11.6 Å². The molecule has 0 aliphatic carbocycles. The third-order valence-electron chi connectivity index (χ3n) is 4.41. The molecule has 1 atom stereocenters. The lowest BCUT2D eigenvalue weighted by atomic mass is 10.1. The van der Waals surface area contributed by atoms with Gasteiger partial charge >= 0.3 is 0 Å². The predicted molar refractivity (Wildman–Crippen MR) is 94.9 cm³/mol. The van der Waals surface area contributed by atoms with Gasteiger partial charge in [-0.15, -0.1) is 0 Å². The Morgan fingerprint density at radius 2 is 1.88 bits per heavy atom. The number of hydrogen-bond acceptors (Lipinski definition) is 3. The van der Waals surface area contributed by atoms with Gasteiger partial charge in [0.05, 0.1) is 5.69 Å². The fourth-order valence-electron chi connectivity index (χ4n) is 2.49. The topological polar surface area (TPSA) is 59.3 Å². The molecular weight excluding hydrogens is 319 g/mol. The number of hydrogen-bond donors (Lipinski definition) is 1. The molecule has 0 saturated carbocycles. The Morgan fingerprint density at radius 1 is 1.20 bits per heavy atom. The number of amides is 1. The van der Waals surface area contributed by atoms with E-state index in [0.717, 1.165) is 11.3 Å². The lowest BCUT2D eigenvalue weighted by molar-refractivity contribution is 0.0927. The van der Waals surface area contributed by atoms with Crippen LogP contribution in [0.5, 0.6) is 0 Å². The molecule has 0 aliphatic rings. The Bertz CT molecular complexity index is 915. The van der Waals surface area contributed by atoms with Gasteiger partial charge in [-0.05, 0) is 50.1 Å². The first kappa shape index (κ1) is 17.1. The zero-order chi connectivity index (χ0) is 18.1. The highest BCUT2D eigenvalue weighted by molar-refractivity contribution is 5.98. The number of aryl methyl sites for hydroxylation is 1. The Labute approximate surface area is 145 Å². The molecule has 0 spiro atoms. The molecule has 0 unspecified atom stereocenters. The minimum atomic E-state index is -0.298. The molecule has 3 rings (SSSR count). The molecule has 0 bridgehead atoms. The molecule has 6 heteroatoms. The van der Waals surface area contributed by atoms with E-state index in [-0.39, 0.29) is 17.8 Å². The fraction of sp³-hybridized carbons (Fsp3) is 0.316. The summed E-state index contributed by atoms with van der Waals surface area (Å²) in [7, 11) is 0. The largest absolute Gasteiger partial charge is 0.348 e. The van der Waals surface area contributed by atoms with E-state index in [1.54, 1.807) is 22.9 Å². The summed E-state index contributed by atoms with van der Waals surface area (Å²) in [6.45, 7) is 7.97. The lowest BCUT2D eigenvalue weighted by Crippen LogP contribution is -2.36. The van der Waals surface area contributed by atoms with Crippen molar-refractivity contribution in [1.82, 2.24) is 19.7 Å². The highest BCUT2D eigenvalue weighted by atomic mass is 19.1. The minimum absolute atomic E-state index is 0.0330. The van der Waals surface area contributed by atoms with E-state index < -0.39 is 0 Å². The lowest BCUT2D eigenvalue weighted by Gasteiger charge is -2.16. The number of imidazole rings is 1. The number of carbonyl (C=O) groups is 1. The van der Waals surface area contributed by atoms with Gasteiger partial charge in [-0.2, -0.15) is 0 Å². The molecule has 3 aromatic rings. The number of nitrogens with one attached hydrogen (secondary N) is 1. The van der Waals surface area contributed by atoms with Crippen molar-refractivity contribution in [2.24, 2.45) is 5.92 Å². The summed E-state index contributed by atoms with van der Waals surface area (Å²) in [5.41, 5.74) is 3.15. The zero-order valence-electron chi connectivity index (χ0n) is 14.7. The Morgan fingerprint density at radius 3 is 2.52 bits per heavy atom. The summed E-state index contributed by atoms with van der Waals surface area (Å²) in [6.07, 6.45) is 1.60. The van der Waals surface area contributed by atoms with E-state index in [1.165, 1.54) is 12.1 Å². The molecule has 0 fully saturated rings. The van der Waals surface area contributed by atoms with Crippen LogP contribution in [-0.4, -0.2) is 26.3 Å². The maximum absolute atomic E-state index is 13.2. The predicted octanol–water partition coefficient (Wildman–Crippen LogP) is 3.62. The van der Waals surface area contributed by atoms with Gasteiger partial charge in [0.25, 0.3) is 5.91 Å². The first-order valence-electron chi connectivity index (χ1n) is 8.28. The van der Waals surface area contributed by atoms with Gasteiger partial charge in [0.2, 0.25) is 0 Å². The highest BCUT2D eigenvalue weighted by Crippen LogP contribution is 2.21. The summed E-state index contributed by atoms with van der Waals surface area (Å²) in [5.74, 6) is -0.220. The second-order valence-electron chi connectivity index (χ2n) is 6.58. The van der Waals surface area contributed by atoms with Crippen LogP contribution < -0.4 is 5.32 Å². The average molecular weight is 340 g/mol. The first-order valence-corrected chi connectivity index (χ1v) is 8.28. The van der Waals surface area contributed by atoms with Crippen molar-refractivity contribution in [1.29, 1.82) is 0 Å². The van der Waals surface area contributed by atoms with Crippen LogP contribution in [0.4, 0.5) is 4.39 Å². The number of carbonyl (C=O) groups excluding carboxylic acids is 1. The van der Waals surface area contributed by atoms with E-state index in [0.29, 0.717) is 23.0 Å². The molecular formula is C19H21FN4O. The van der Waals surface area contributed by atoms with Crippen LogP contribution in [-0.2, 0) is 0 Å². The van der Waals surface area contributed by atoms with Crippen LogP contribution in [0.25, 0.3) is 16.9 Å². The fourth-order valence-corrected chi connectivity index (χ4v) is 2.49. The van der Waals surface area contributed by atoms with Crippen LogP contribution in [0.3, 0.4) is 0 Å². The van der Waals surface area contributed by atoms with Crippen molar-refractivity contribution in [2.75, 3.05) is 0 Å². The molecule has 2 heterocycles. The van der Waals surface area contributed by atoms with Crippen LogP contribution in [0, 0.1) is 18.7 Å². The molecule has 2 aromatic heterocycles. The second kappa shape index (κ2) is 6.63. The van der Waals surface area contributed by atoms with Crippen LogP contribution in [0.2, 0.25) is 0 Å². The van der Waals surface area contributed by atoms with E-state index in [1.807, 2.05) is 33.8 Å². The van der Waals surface area contributed by atoms with Gasteiger partial charge < -0.3 is 5.32 Å². The number of benzene rings is 1. The molecule has 0 radical (unpaired) electrons. The maximum atomic E-state index is 13.2. The van der Waals surface area contributed by atoms with Gasteiger partial charge in [0.15, 0.2) is 11.3 Å². The van der Waals surface area contributed by atoms with Crippen molar-refractivity contribution in [3.63, 3.8) is 0 Å². The second-order valence-corrected chi connectivity index (χ2v) is 6.58. The first-order chi connectivity index (χ1) is 11.9. The molecule has 1 N–H and O–H groups in total.